The molecule has 6 nitrogen and oxygen atoms in total. The summed E-state index contributed by atoms with van der Waals surface area (Å²) in [6, 6.07) is 11.8. The second kappa shape index (κ2) is 8.60. The molecule has 1 aliphatic rings. The molecule has 0 aromatic heterocycles. The van der Waals surface area contributed by atoms with Gasteiger partial charge in [0.2, 0.25) is 5.91 Å². The van der Waals surface area contributed by atoms with E-state index in [0.717, 1.165) is 0 Å². The summed E-state index contributed by atoms with van der Waals surface area (Å²) in [5, 5.41) is 2.45. The fraction of sp³-hybridized carbons (Fsp3) is 0.250. The lowest BCUT2D eigenvalue weighted by molar-refractivity contribution is -0.152. The first kappa shape index (κ1) is 19.5. The van der Waals surface area contributed by atoms with E-state index < -0.39 is 41.9 Å². The lowest BCUT2D eigenvalue weighted by atomic mass is 10.1. The Balaban J connectivity index is 1.49. The Labute approximate surface area is 160 Å². The van der Waals surface area contributed by atoms with E-state index >= 15 is 0 Å². The number of carbonyl (C=O) groups is 3. The maximum absolute atomic E-state index is 13.9. The Morgan fingerprint density at radius 2 is 1.75 bits per heavy atom. The van der Waals surface area contributed by atoms with Crippen LogP contribution in [0.25, 0.3) is 0 Å². The van der Waals surface area contributed by atoms with E-state index in [4.69, 9.17) is 4.74 Å². The van der Waals surface area contributed by atoms with Gasteiger partial charge in [-0.3, -0.25) is 14.4 Å². The van der Waals surface area contributed by atoms with E-state index in [0.29, 0.717) is 5.56 Å². The lowest BCUT2D eigenvalue weighted by Gasteiger charge is -2.17. The summed E-state index contributed by atoms with van der Waals surface area (Å²) < 4.78 is 32.3. The quantitative estimate of drug-likeness (QED) is 0.770. The topological polar surface area (TPSA) is 75.7 Å². The number of nitrogens with zero attached hydrogens (tertiary/aromatic N) is 1. The van der Waals surface area contributed by atoms with Crippen molar-refractivity contribution in [2.24, 2.45) is 5.92 Å². The number of carbonyl (C=O) groups excluding carboxylic acids is 3. The Morgan fingerprint density at radius 1 is 1.07 bits per heavy atom. The molecule has 146 valence electrons. The van der Waals surface area contributed by atoms with Gasteiger partial charge in [-0.15, -0.1) is 0 Å². The van der Waals surface area contributed by atoms with Crippen LogP contribution < -0.4 is 10.2 Å². The van der Waals surface area contributed by atoms with Crippen molar-refractivity contribution in [3.63, 3.8) is 0 Å². The summed E-state index contributed by atoms with van der Waals surface area (Å²) in [6.07, 6.45) is -0.121. The molecule has 0 bridgehead atoms. The van der Waals surface area contributed by atoms with Gasteiger partial charge in [0.25, 0.3) is 5.91 Å². The Kier molecular flexibility index (Phi) is 5.98. The van der Waals surface area contributed by atoms with Gasteiger partial charge in [0.15, 0.2) is 6.61 Å². The third-order valence-electron chi connectivity index (χ3n) is 4.38. The maximum atomic E-state index is 13.9. The van der Waals surface area contributed by atoms with Crippen molar-refractivity contribution in [3.8, 4) is 0 Å². The van der Waals surface area contributed by atoms with Gasteiger partial charge < -0.3 is 15.0 Å². The Morgan fingerprint density at radius 3 is 2.46 bits per heavy atom. The molecule has 2 amide bonds. The molecule has 0 spiro atoms. The first-order valence-electron chi connectivity index (χ1n) is 8.67. The molecule has 3 rings (SSSR count). The van der Waals surface area contributed by atoms with Gasteiger partial charge in [-0.05, 0) is 18.2 Å². The largest absolute Gasteiger partial charge is 0.455 e. The van der Waals surface area contributed by atoms with E-state index in [2.05, 4.69) is 5.32 Å². The fourth-order valence-electron chi connectivity index (χ4n) is 2.91. The Bertz CT molecular complexity index is 903. The predicted molar refractivity (Wildman–Crippen MR) is 96.1 cm³/mol. The lowest BCUT2D eigenvalue weighted by Crippen LogP contribution is -2.31. The number of nitrogens with one attached hydrogen (secondary N) is 1. The van der Waals surface area contributed by atoms with E-state index in [1.54, 1.807) is 12.1 Å². The molecule has 1 fully saturated rings. The SMILES string of the molecule is O=C(COC(=O)[C@@H]1CC(=O)N(c2ccccc2F)C1)NCc1ccccc1F. The monoisotopic (exact) mass is 388 g/mol. The molecule has 1 heterocycles. The first-order chi connectivity index (χ1) is 13.5. The zero-order chi connectivity index (χ0) is 20.1. The number of halogens is 2. The second-order valence-electron chi connectivity index (χ2n) is 6.33. The summed E-state index contributed by atoms with van der Waals surface area (Å²) in [5.41, 5.74) is 0.412. The van der Waals surface area contributed by atoms with Crippen molar-refractivity contribution in [1.82, 2.24) is 5.32 Å². The number of rotatable bonds is 6. The molecule has 0 radical (unpaired) electrons. The molecule has 2 aromatic carbocycles. The molecule has 1 atom stereocenters. The van der Waals surface area contributed by atoms with E-state index in [1.165, 1.54) is 41.3 Å². The molecule has 8 heteroatoms. The number of hydrogen-bond acceptors (Lipinski definition) is 4. The molecule has 28 heavy (non-hydrogen) atoms. The third kappa shape index (κ3) is 4.51. The van der Waals surface area contributed by atoms with Crippen molar-refractivity contribution in [2.75, 3.05) is 18.1 Å². The highest BCUT2D eigenvalue weighted by atomic mass is 19.1. The van der Waals surface area contributed by atoms with Crippen LogP contribution in [0.1, 0.15) is 12.0 Å². The summed E-state index contributed by atoms with van der Waals surface area (Å²) in [4.78, 5) is 37.3. The number of anilines is 1. The molecule has 1 saturated heterocycles. The van der Waals surface area contributed by atoms with Crippen molar-refractivity contribution in [2.45, 2.75) is 13.0 Å². The fourth-order valence-corrected chi connectivity index (χ4v) is 2.91. The number of amides is 2. The Hall–Kier alpha value is -3.29. The van der Waals surface area contributed by atoms with Gasteiger partial charge in [-0.25, -0.2) is 8.78 Å². The molecule has 2 aromatic rings. The standard InChI is InChI=1S/C20H18F2N2O4/c21-15-6-2-1-5-13(15)10-23-18(25)12-28-20(27)14-9-19(26)24(11-14)17-8-4-3-7-16(17)22/h1-8,14H,9-12H2,(H,23,25)/t14-/m1/s1. The number of para-hydroxylation sites is 1. The molecule has 1 aliphatic heterocycles. The maximum Gasteiger partial charge on any atom is 0.311 e. The molecule has 1 N–H and O–H groups in total. The van der Waals surface area contributed by atoms with Crippen LogP contribution in [0.15, 0.2) is 48.5 Å². The minimum absolute atomic E-state index is 0.0184. The van der Waals surface area contributed by atoms with Crippen LogP contribution in [-0.4, -0.2) is 30.9 Å². The minimum atomic E-state index is -0.786. The van der Waals surface area contributed by atoms with Crippen LogP contribution >= 0.6 is 0 Å². The van der Waals surface area contributed by atoms with Gasteiger partial charge in [-0.2, -0.15) is 0 Å². The molecule has 0 saturated carbocycles. The average molecular weight is 388 g/mol. The van der Waals surface area contributed by atoms with Gasteiger partial charge in [0.05, 0.1) is 11.6 Å². The van der Waals surface area contributed by atoms with E-state index in [9.17, 15) is 23.2 Å². The first-order valence-corrected chi connectivity index (χ1v) is 8.67. The van der Waals surface area contributed by atoms with Gasteiger partial charge in [-0.1, -0.05) is 30.3 Å². The van der Waals surface area contributed by atoms with E-state index in [-0.39, 0.29) is 25.2 Å². The smallest absolute Gasteiger partial charge is 0.311 e. The zero-order valence-electron chi connectivity index (χ0n) is 14.9. The summed E-state index contributed by atoms with van der Waals surface area (Å²) in [5.74, 6) is -3.49. The number of benzene rings is 2. The highest BCUT2D eigenvalue weighted by molar-refractivity contribution is 5.99. The second-order valence-corrected chi connectivity index (χ2v) is 6.33. The van der Waals surface area contributed by atoms with Gasteiger partial charge >= 0.3 is 5.97 Å². The van der Waals surface area contributed by atoms with Crippen LogP contribution in [0.4, 0.5) is 14.5 Å². The molecular weight excluding hydrogens is 370 g/mol. The molecular formula is C20H18F2N2O4. The highest BCUT2D eigenvalue weighted by Gasteiger charge is 2.37. The van der Waals surface area contributed by atoms with Crippen molar-refractivity contribution < 1.29 is 27.9 Å². The highest BCUT2D eigenvalue weighted by Crippen LogP contribution is 2.27. The third-order valence-corrected chi connectivity index (χ3v) is 4.38. The van der Waals surface area contributed by atoms with Crippen molar-refractivity contribution in [1.29, 1.82) is 0 Å². The van der Waals surface area contributed by atoms with Crippen LogP contribution in [0.3, 0.4) is 0 Å². The van der Waals surface area contributed by atoms with E-state index in [1.807, 2.05) is 0 Å². The van der Waals surface area contributed by atoms with Gasteiger partial charge in [0.1, 0.15) is 11.6 Å². The summed E-state index contributed by atoms with van der Waals surface area (Å²) in [7, 11) is 0. The van der Waals surface area contributed by atoms with Crippen LogP contribution in [0.2, 0.25) is 0 Å². The van der Waals surface area contributed by atoms with Crippen LogP contribution in [0.5, 0.6) is 0 Å². The summed E-state index contributed by atoms with van der Waals surface area (Å²) in [6.45, 7) is -0.598. The average Bonchev–Trinajstić information content (AvgIpc) is 3.07. The molecule has 0 aliphatic carbocycles. The number of hydrogen-bond donors (Lipinski definition) is 1. The number of ether oxygens (including phenoxy) is 1. The van der Waals surface area contributed by atoms with Crippen LogP contribution in [0, 0.1) is 17.6 Å². The van der Waals surface area contributed by atoms with Crippen LogP contribution in [-0.2, 0) is 25.7 Å². The zero-order valence-corrected chi connectivity index (χ0v) is 14.9. The predicted octanol–water partition coefficient (Wildman–Crippen LogP) is 2.18. The molecule has 0 unspecified atom stereocenters. The van der Waals surface area contributed by atoms with Crippen molar-refractivity contribution >= 4 is 23.5 Å². The minimum Gasteiger partial charge on any atom is -0.455 e. The van der Waals surface area contributed by atoms with Crippen molar-refractivity contribution in [3.05, 3.63) is 65.7 Å². The van der Waals surface area contributed by atoms with Gasteiger partial charge in [0, 0.05) is 25.1 Å². The number of esters is 1. The summed E-state index contributed by atoms with van der Waals surface area (Å²) >= 11 is 0. The normalized spacial score (nSPS) is 16.1.